The van der Waals surface area contributed by atoms with Gasteiger partial charge in [-0.1, -0.05) is 12.1 Å². The van der Waals surface area contributed by atoms with Crippen LogP contribution in [0, 0.1) is 10.5 Å². The van der Waals surface area contributed by atoms with Crippen LogP contribution in [0.25, 0.3) is 0 Å². The Kier molecular flexibility index (Phi) is 6.37. The van der Waals surface area contributed by atoms with Crippen molar-refractivity contribution >= 4 is 57.3 Å². The lowest BCUT2D eigenvalue weighted by atomic mass is 10.2. The molecule has 0 fully saturated rings. The van der Waals surface area contributed by atoms with E-state index in [2.05, 4.69) is 53.5 Å². The number of hydrogen-bond donors (Lipinski definition) is 3. The molecule has 0 atom stereocenters. The van der Waals surface area contributed by atoms with E-state index in [1.165, 1.54) is 6.33 Å². The van der Waals surface area contributed by atoms with E-state index >= 15 is 0 Å². The molecule has 154 valence electrons. The van der Waals surface area contributed by atoms with Crippen molar-refractivity contribution in [3.63, 3.8) is 0 Å². The third-order valence-electron chi connectivity index (χ3n) is 4.37. The molecule has 0 radical (unpaired) electrons. The number of benzene rings is 2. The topological polar surface area (TPSA) is 91.8 Å². The maximum absolute atomic E-state index is 12.5. The van der Waals surface area contributed by atoms with Crippen LogP contribution in [0.3, 0.4) is 0 Å². The van der Waals surface area contributed by atoms with Gasteiger partial charge in [0, 0.05) is 27.2 Å². The van der Waals surface area contributed by atoms with Gasteiger partial charge in [0.15, 0.2) is 0 Å². The molecular formula is C23H19IN6O. The molecule has 0 unspecified atom stereocenters. The van der Waals surface area contributed by atoms with Gasteiger partial charge in [0.2, 0.25) is 0 Å². The lowest BCUT2D eigenvalue weighted by Crippen LogP contribution is -2.13. The lowest BCUT2D eigenvalue weighted by Gasteiger charge is -2.10. The van der Waals surface area contributed by atoms with E-state index < -0.39 is 0 Å². The molecule has 1 amide bonds. The number of rotatable bonds is 6. The van der Waals surface area contributed by atoms with Gasteiger partial charge in [-0.3, -0.25) is 4.79 Å². The molecule has 2 heterocycles. The summed E-state index contributed by atoms with van der Waals surface area (Å²) in [5, 5.41) is 9.33. The zero-order chi connectivity index (χ0) is 21.6. The number of hydrogen-bond acceptors (Lipinski definition) is 6. The van der Waals surface area contributed by atoms with Crippen molar-refractivity contribution in [2.45, 2.75) is 6.92 Å². The van der Waals surface area contributed by atoms with Crippen molar-refractivity contribution in [3.8, 4) is 0 Å². The highest BCUT2D eigenvalue weighted by Gasteiger charge is 2.09. The van der Waals surface area contributed by atoms with Crippen LogP contribution < -0.4 is 16.0 Å². The second-order valence-electron chi connectivity index (χ2n) is 6.77. The van der Waals surface area contributed by atoms with Crippen molar-refractivity contribution < 1.29 is 4.79 Å². The number of anilines is 5. The summed E-state index contributed by atoms with van der Waals surface area (Å²) in [6.07, 6.45) is 3.23. The number of carbonyl (C=O) groups excluding carboxylic acids is 1. The Bertz CT molecular complexity index is 1210. The van der Waals surface area contributed by atoms with Gasteiger partial charge in [0.05, 0.1) is 5.56 Å². The summed E-state index contributed by atoms with van der Waals surface area (Å²) in [6.45, 7) is 2.01. The van der Waals surface area contributed by atoms with Gasteiger partial charge in [-0.15, -0.1) is 0 Å². The van der Waals surface area contributed by atoms with Crippen LogP contribution in [0.5, 0.6) is 0 Å². The highest BCUT2D eigenvalue weighted by molar-refractivity contribution is 14.1. The number of carbonyl (C=O) groups is 1. The van der Waals surface area contributed by atoms with Crippen LogP contribution in [-0.2, 0) is 0 Å². The molecule has 31 heavy (non-hydrogen) atoms. The average molecular weight is 522 g/mol. The maximum atomic E-state index is 12.5. The monoisotopic (exact) mass is 522 g/mol. The Balaban J connectivity index is 1.41. The van der Waals surface area contributed by atoms with E-state index in [1.807, 2.05) is 61.5 Å². The Morgan fingerprint density at radius 3 is 2.23 bits per heavy atom. The van der Waals surface area contributed by atoms with Gasteiger partial charge >= 0.3 is 0 Å². The van der Waals surface area contributed by atoms with Gasteiger partial charge in [-0.2, -0.15) is 0 Å². The predicted molar refractivity (Wildman–Crippen MR) is 131 cm³/mol. The minimum absolute atomic E-state index is 0.137. The fraction of sp³-hybridized carbons (Fsp3) is 0.0435. The van der Waals surface area contributed by atoms with Gasteiger partial charge in [-0.25, -0.2) is 15.0 Å². The van der Waals surface area contributed by atoms with Crippen LogP contribution >= 0.6 is 22.6 Å². The largest absolute Gasteiger partial charge is 0.340 e. The van der Waals surface area contributed by atoms with Crippen LogP contribution in [0.2, 0.25) is 0 Å². The minimum atomic E-state index is -0.137. The van der Waals surface area contributed by atoms with Crippen LogP contribution in [0.4, 0.5) is 28.8 Å². The Labute approximate surface area is 193 Å². The molecule has 0 saturated heterocycles. The predicted octanol–water partition coefficient (Wildman–Crippen LogP) is 5.52. The Hall–Kier alpha value is -3.53. The molecule has 8 heteroatoms. The first-order valence-corrected chi connectivity index (χ1v) is 10.6. The Morgan fingerprint density at radius 1 is 0.806 bits per heavy atom. The molecule has 2 aromatic carbocycles. The first-order chi connectivity index (χ1) is 15.1. The number of aromatic nitrogens is 3. The normalized spacial score (nSPS) is 10.4. The standard InChI is InChI=1S/C23H19IN6O/c1-15-10-11-25-20(12-15)30-22-13-21(26-14-27-22)28-16-6-8-17(9-7-16)29-23(31)18-4-2-3-5-19(18)24/h2-14H,1H3,(H,29,31)(H2,25,26,27,28,30). The van der Waals surface area contributed by atoms with E-state index in [0.29, 0.717) is 22.9 Å². The van der Waals surface area contributed by atoms with Crippen LogP contribution in [-0.4, -0.2) is 20.9 Å². The SMILES string of the molecule is Cc1ccnc(Nc2cc(Nc3ccc(NC(=O)c4ccccc4I)cc3)ncn2)c1. The quantitative estimate of drug-likeness (QED) is 0.289. The second-order valence-corrected chi connectivity index (χ2v) is 7.93. The van der Waals surface area contributed by atoms with Crippen molar-refractivity contribution in [2.75, 3.05) is 16.0 Å². The van der Waals surface area contributed by atoms with Crippen LogP contribution in [0.1, 0.15) is 15.9 Å². The number of aryl methyl sites for hydroxylation is 1. The highest BCUT2D eigenvalue weighted by Crippen LogP contribution is 2.21. The van der Waals surface area contributed by atoms with E-state index in [0.717, 1.165) is 20.6 Å². The molecule has 4 aromatic rings. The molecule has 0 aliphatic carbocycles. The summed E-state index contributed by atoms with van der Waals surface area (Å²) in [6, 6.07) is 20.6. The molecule has 0 aliphatic rings. The van der Waals surface area contributed by atoms with Crippen molar-refractivity contribution in [1.82, 2.24) is 15.0 Å². The number of halogens is 1. The van der Waals surface area contributed by atoms with Gasteiger partial charge in [-0.05, 0) is 83.6 Å². The zero-order valence-corrected chi connectivity index (χ0v) is 18.8. The summed E-state index contributed by atoms with van der Waals surface area (Å²) in [5.41, 5.74) is 3.31. The molecular weight excluding hydrogens is 503 g/mol. The molecule has 0 saturated carbocycles. The molecule has 2 aromatic heterocycles. The third kappa shape index (κ3) is 5.54. The molecule has 0 bridgehead atoms. The maximum Gasteiger partial charge on any atom is 0.256 e. The van der Waals surface area contributed by atoms with Crippen LogP contribution in [0.15, 0.2) is 79.3 Å². The summed E-state index contributed by atoms with van der Waals surface area (Å²) in [4.78, 5) is 25.2. The fourth-order valence-corrected chi connectivity index (χ4v) is 3.49. The minimum Gasteiger partial charge on any atom is -0.340 e. The lowest BCUT2D eigenvalue weighted by molar-refractivity contribution is 0.102. The Morgan fingerprint density at radius 2 is 1.48 bits per heavy atom. The van der Waals surface area contributed by atoms with E-state index in [4.69, 9.17) is 0 Å². The van der Waals surface area contributed by atoms with E-state index in [1.54, 1.807) is 18.3 Å². The average Bonchev–Trinajstić information content (AvgIpc) is 2.76. The zero-order valence-electron chi connectivity index (χ0n) is 16.6. The van der Waals surface area contributed by atoms with Gasteiger partial charge in [0.1, 0.15) is 23.8 Å². The summed E-state index contributed by atoms with van der Waals surface area (Å²) >= 11 is 2.16. The van der Waals surface area contributed by atoms with Crippen molar-refractivity contribution in [3.05, 3.63) is 94.0 Å². The highest BCUT2D eigenvalue weighted by atomic mass is 127. The first-order valence-electron chi connectivity index (χ1n) is 9.51. The smallest absolute Gasteiger partial charge is 0.256 e. The molecule has 3 N–H and O–H groups in total. The first kappa shape index (κ1) is 20.7. The summed E-state index contributed by atoms with van der Waals surface area (Å²) in [7, 11) is 0. The van der Waals surface area contributed by atoms with Gasteiger partial charge < -0.3 is 16.0 Å². The molecule has 0 spiro atoms. The van der Waals surface area contributed by atoms with E-state index in [-0.39, 0.29) is 5.91 Å². The number of amides is 1. The molecule has 4 rings (SSSR count). The van der Waals surface area contributed by atoms with Gasteiger partial charge in [0.25, 0.3) is 5.91 Å². The van der Waals surface area contributed by atoms with Crippen molar-refractivity contribution in [1.29, 1.82) is 0 Å². The van der Waals surface area contributed by atoms with E-state index in [9.17, 15) is 4.79 Å². The summed E-state index contributed by atoms with van der Waals surface area (Å²) in [5.74, 6) is 1.86. The number of pyridine rings is 1. The second kappa shape index (κ2) is 9.52. The molecule has 0 aliphatic heterocycles. The third-order valence-corrected chi connectivity index (χ3v) is 5.31. The molecule has 7 nitrogen and oxygen atoms in total. The fourth-order valence-electron chi connectivity index (χ4n) is 2.86. The summed E-state index contributed by atoms with van der Waals surface area (Å²) < 4.78 is 0.907. The van der Waals surface area contributed by atoms with Crippen molar-refractivity contribution in [2.24, 2.45) is 0 Å². The number of nitrogens with zero attached hydrogens (tertiary/aromatic N) is 3. The number of nitrogens with one attached hydrogen (secondary N) is 3.